The van der Waals surface area contributed by atoms with Gasteiger partial charge in [0, 0.05) is 17.3 Å². The summed E-state index contributed by atoms with van der Waals surface area (Å²) in [5.74, 6) is 1.01. The fourth-order valence-electron chi connectivity index (χ4n) is 4.00. The molecule has 0 aliphatic heterocycles. The minimum absolute atomic E-state index is 0.212. The van der Waals surface area contributed by atoms with Gasteiger partial charge >= 0.3 is 0 Å². The number of aromatic amines is 1. The fraction of sp³-hybridized carbons (Fsp3) is 0.133. The first-order valence-electron chi connectivity index (χ1n) is 12.2. The van der Waals surface area contributed by atoms with Gasteiger partial charge in [-0.2, -0.15) is 10.4 Å². The molecule has 0 unspecified atom stereocenters. The highest BCUT2D eigenvalue weighted by atomic mass is 16.5. The summed E-state index contributed by atoms with van der Waals surface area (Å²) in [6.07, 6.45) is 5.65. The number of nitrogens with one attached hydrogen (secondary N) is 1. The second kappa shape index (κ2) is 10.8. The second-order valence-corrected chi connectivity index (χ2v) is 8.54. The number of nitrogens with zero attached hydrogens (tertiary/aromatic N) is 4. The van der Waals surface area contributed by atoms with Gasteiger partial charge in [0.05, 0.1) is 34.5 Å². The molecule has 0 spiro atoms. The zero-order valence-electron chi connectivity index (χ0n) is 20.4. The van der Waals surface area contributed by atoms with Gasteiger partial charge < -0.3 is 9.72 Å². The van der Waals surface area contributed by atoms with Gasteiger partial charge in [-0.3, -0.25) is 4.79 Å². The third kappa shape index (κ3) is 5.19. The molecule has 37 heavy (non-hydrogen) atoms. The molecule has 182 valence electrons. The average Bonchev–Trinajstić information content (AvgIpc) is 3.36. The van der Waals surface area contributed by atoms with E-state index in [2.05, 4.69) is 23.0 Å². The van der Waals surface area contributed by atoms with Gasteiger partial charge in [-0.25, -0.2) is 9.67 Å². The first-order valence-corrected chi connectivity index (χ1v) is 12.2. The summed E-state index contributed by atoms with van der Waals surface area (Å²) < 4.78 is 7.58. The van der Waals surface area contributed by atoms with Crippen molar-refractivity contribution in [3.05, 3.63) is 107 Å². The van der Waals surface area contributed by atoms with Crippen molar-refractivity contribution in [3.63, 3.8) is 0 Å². The van der Waals surface area contributed by atoms with Gasteiger partial charge in [0.2, 0.25) is 0 Å². The Morgan fingerprint density at radius 1 is 1.05 bits per heavy atom. The average molecular weight is 488 g/mol. The predicted octanol–water partition coefficient (Wildman–Crippen LogP) is 6.02. The molecule has 0 aliphatic rings. The maximum Gasteiger partial charge on any atom is 0.259 e. The number of unbranched alkanes of at least 4 members (excludes halogenated alkanes) is 1. The Bertz CT molecular complexity index is 1660. The standard InChI is InChI=1S/C30H25N5O2/c1-2-3-17-37-25-15-13-21(14-16-25)28-23(20-35(34-28)24-9-5-4-6-10-24)18-22(19-31)29-32-27-12-8-7-11-26(27)30(36)33-29/h4-16,18,20H,2-3,17H2,1H3,(H,32,33,36). The molecule has 0 amide bonds. The van der Waals surface area contributed by atoms with E-state index in [9.17, 15) is 10.1 Å². The van der Waals surface area contributed by atoms with E-state index in [1.54, 1.807) is 29.0 Å². The number of hydrogen-bond acceptors (Lipinski definition) is 5. The number of ether oxygens (including phenoxy) is 1. The van der Waals surface area contributed by atoms with Crippen LogP contribution in [-0.2, 0) is 0 Å². The molecule has 2 heterocycles. The summed E-state index contributed by atoms with van der Waals surface area (Å²) in [5, 5.41) is 15.3. The van der Waals surface area contributed by atoms with Crippen LogP contribution in [0.5, 0.6) is 5.75 Å². The lowest BCUT2D eigenvalue weighted by Gasteiger charge is -2.06. The molecule has 1 N–H and O–H groups in total. The number of aromatic nitrogens is 4. The Balaban J connectivity index is 1.59. The number of hydrogen-bond donors (Lipinski definition) is 1. The van der Waals surface area contributed by atoms with Crippen LogP contribution in [0.15, 0.2) is 89.9 Å². The first kappa shape index (κ1) is 23.8. The summed E-state index contributed by atoms with van der Waals surface area (Å²) in [6.45, 7) is 2.80. The lowest BCUT2D eigenvalue weighted by molar-refractivity contribution is 0.309. The van der Waals surface area contributed by atoms with E-state index >= 15 is 0 Å². The molecule has 0 fully saturated rings. The van der Waals surface area contributed by atoms with Gasteiger partial charge in [-0.1, -0.05) is 43.7 Å². The van der Waals surface area contributed by atoms with Crippen molar-refractivity contribution in [1.82, 2.24) is 19.7 Å². The molecule has 0 saturated heterocycles. The number of allylic oxidation sites excluding steroid dienone is 1. The lowest BCUT2D eigenvalue weighted by Crippen LogP contribution is -2.11. The van der Waals surface area contributed by atoms with Crippen LogP contribution in [0.3, 0.4) is 0 Å². The van der Waals surface area contributed by atoms with E-state index in [0.717, 1.165) is 35.4 Å². The van der Waals surface area contributed by atoms with Crippen LogP contribution in [0.1, 0.15) is 31.2 Å². The van der Waals surface area contributed by atoms with Crippen LogP contribution in [0.2, 0.25) is 0 Å². The number of nitriles is 1. The Kier molecular flexibility index (Phi) is 6.91. The number of H-pyrrole nitrogens is 1. The molecule has 0 aliphatic carbocycles. The summed E-state index contributed by atoms with van der Waals surface area (Å²) in [7, 11) is 0. The minimum Gasteiger partial charge on any atom is -0.494 e. The lowest BCUT2D eigenvalue weighted by atomic mass is 10.1. The Morgan fingerprint density at radius 3 is 2.57 bits per heavy atom. The normalized spacial score (nSPS) is 11.4. The van der Waals surface area contributed by atoms with Crippen molar-refractivity contribution in [1.29, 1.82) is 5.26 Å². The van der Waals surface area contributed by atoms with Crippen molar-refractivity contribution in [2.24, 2.45) is 0 Å². The van der Waals surface area contributed by atoms with E-state index in [1.807, 2.05) is 66.9 Å². The first-order chi connectivity index (χ1) is 18.2. The molecule has 7 heteroatoms. The molecular formula is C30H25N5O2. The number of para-hydroxylation sites is 2. The molecule has 7 nitrogen and oxygen atoms in total. The van der Waals surface area contributed by atoms with E-state index in [1.165, 1.54) is 0 Å². The number of fused-ring (bicyclic) bond motifs is 1. The van der Waals surface area contributed by atoms with Crippen LogP contribution >= 0.6 is 0 Å². The van der Waals surface area contributed by atoms with E-state index in [0.29, 0.717) is 23.2 Å². The topological polar surface area (TPSA) is 96.6 Å². The predicted molar refractivity (Wildman–Crippen MR) is 145 cm³/mol. The van der Waals surface area contributed by atoms with Gasteiger partial charge in [0.25, 0.3) is 5.56 Å². The number of benzene rings is 3. The Hall–Kier alpha value is -4.96. The highest BCUT2D eigenvalue weighted by Crippen LogP contribution is 2.29. The fourth-order valence-corrected chi connectivity index (χ4v) is 4.00. The Labute approximate surface area is 214 Å². The van der Waals surface area contributed by atoms with Crippen molar-refractivity contribution < 1.29 is 4.74 Å². The second-order valence-electron chi connectivity index (χ2n) is 8.54. The van der Waals surface area contributed by atoms with Crippen LogP contribution in [0.4, 0.5) is 0 Å². The molecule has 2 aromatic heterocycles. The maximum atomic E-state index is 12.6. The van der Waals surface area contributed by atoms with Gasteiger partial charge in [-0.05, 0) is 61.0 Å². The highest BCUT2D eigenvalue weighted by Gasteiger charge is 2.15. The molecule has 3 aromatic carbocycles. The molecule has 0 atom stereocenters. The third-order valence-electron chi connectivity index (χ3n) is 5.95. The van der Waals surface area contributed by atoms with Gasteiger partial charge in [0.15, 0.2) is 5.82 Å². The van der Waals surface area contributed by atoms with Crippen molar-refractivity contribution in [2.75, 3.05) is 6.61 Å². The largest absolute Gasteiger partial charge is 0.494 e. The molecule has 5 rings (SSSR count). The van der Waals surface area contributed by atoms with Crippen LogP contribution in [0, 0.1) is 11.3 Å². The highest BCUT2D eigenvalue weighted by molar-refractivity contribution is 5.91. The van der Waals surface area contributed by atoms with Crippen LogP contribution in [-0.4, -0.2) is 26.4 Å². The quantitative estimate of drug-likeness (QED) is 0.213. The van der Waals surface area contributed by atoms with Gasteiger partial charge in [0.1, 0.15) is 11.8 Å². The summed E-state index contributed by atoms with van der Waals surface area (Å²) in [6, 6.07) is 26.8. The van der Waals surface area contributed by atoms with Crippen molar-refractivity contribution in [3.8, 4) is 28.8 Å². The SMILES string of the molecule is CCCCOc1ccc(-c2nn(-c3ccccc3)cc2C=C(C#N)c2nc3ccccc3c(=O)[nH]2)cc1. The smallest absolute Gasteiger partial charge is 0.259 e. The molecular weight excluding hydrogens is 462 g/mol. The third-order valence-corrected chi connectivity index (χ3v) is 5.95. The zero-order valence-corrected chi connectivity index (χ0v) is 20.4. The molecule has 0 bridgehead atoms. The van der Waals surface area contributed by atoms with E-state index in [-0.39, 0.29) is 17.0 Å². The molecule has 5 aromatic rings. The summed E-state index contributed by atoms with van der Waals surface area (Å²) in [5.41, 5.74) is 3.65. The van der Waals surface area contributed by atoms with E-state index < -0.39 is 0 Å². The summed E-state index contributed by atoms with van der Waals surface area (Å²) in [4.78, 5) is 19.9. The Morgan fingerprint density at radius 2 is 1.81 bits per heavy atom. The van der Waals surface area contributed by atoms with Crippen molar-refractivity contribution >= 4 is 22.6 Å². The summed E-state index contributed by atoms with van der Waals surface area (Å²) >= 11 is 0. The number of rotatable bonds is 8. The minimum atomic E-state index is -0.291. The maximum absolute atomic E-state index is 12.6. The zero-order chi connectivity index (χ0) is 25.6. The molecule has 0 radical (unpaired) electrons. The van der Waals surface area contributed by atoms with E-state index in [4.69, 9.17) is 9.84 Å². The van der Waals surface area contributed by atoms with Crippen LogP contribution < -0.4 is 10.3 Å². The van der Waals surface area contributed by atoms with Gasteiger partial charge in [-0.15, -0.1) is 0 Å². The molecule has 0 saturated carbocycles. The van der Waals surface area contributed by atoms with Crippen LogP contribution in [0.25, 0.3) is 39.5 Å². The monoisotopic (exact) mass is 487 g/mol. The van der Waals surface area contributed by atoms with Crippen molar-refractivity contribution in [2.45, 2.75) is 19.8 Å².